The quantitative estimate of drug-likeness (QED) is 0.715. The fourth-order valence-electron chi connectivity index (χ4n) is 4.09. The van der Waals surface area contributed by atoms with Gasteiger partial charge in [0.1, 0.15) is 17.8 Å². The maximum atomic E-state index is 12.4. The molecule has 9 nitrogen and oxygen atoms in total. The first kappa shape index (κ1) is 16.2. The number of amides is 1. The van der Waals surface area contributed by atoms with Gasteiger partial charge in [0, 0.05) is 44.7 Å². The number of carbonyl (C=O) groups excluding carboxylic acids is 1. The summed E-state index contributed by atoms with van der Waals surface area (Å²) >= 11 is 0. The number of aromatic nitrogens is 5. The molecule has 2 aliphatic heterocycles. The maximum Gasteiger partial charge on any atom is 0.267 e. The smallest absolute Gasteiger partial charge is 0.267 e. The highest BCUT2D eigenvalue weighted by Gasteiger charge is 2.44. The molecule has 2 saturated heterocycles. The van der Waals surface area contributed by atoms with Crippen LogP contribution in [0.3, 0.4) is 0 Å². The van der Waals surface area contributed by atoms with Crippen molar-refractivity contribution < 1.29 is 9.53 Å². The minimum absolute atomic E-state index is 0.0412. The second-order valence-electron chi connectivity index (χ2n) is 7.24. The highest BCUT2D eigenvalue weighted by molar-refractivity contribution is 5.92. The van der Waals surface area contributed by atoms with Gasteiger partial charge in [-0.05, 0) is 24.3 Å². The van der Waals surface area contributed by atoms with Crippen LogP contribution in [0.15, 0.2) is 36.8 Å². The van der Waals surface area contributed by atoms with Crippen molar-refractivity contribution in [2.75, 3.05) is 31.1 Å². The summed E-state index contributed by atoms with van der Waals surface area (Å²) < 4.78 is 9.51. The van der Waals surface area contributed by atoms with Gasteiger partial charge in [-0.3, -0.25) is 4.79 Å². The molecule has 0 spiro atoms. The normalized spacial score (nSPS) is 24.5. The van der Waals surface area contributed by atoms with E-state index in [0.29, 0.717) is 30.7 Å². The van der Waals surface area contributed by atoms with Crippen LogP contribution in [0, 0.1) is 11.8 Å². The average Bonchev–Trinajstić information content (AvgIpc) is 3.43. The first-order valence-corrected chi connectivity index (χ1v) is 9.12. The van der Waals surface area contributed by atoms with Crippen molar-refractivity contribution in [3.8, 4) is 0 Å². The second kappa shape index (κ2) is 6.34. The van der Waals surface area contributed by atoms with E-state index in [-0.39, 0.29) is 12.0 Å². The zero-order valence-corrected chi connectivity index (χ0v) is 15.0. The van der Waals surface area contributed by atoms with E-state index >= 15 is 0 Å². The SMILES string of the molecule is Cn1cccc1C(=O)NC[C@@H]1CO[C@H]2CN(c3ccc4nncn4n3)C[C@@H]12. The number of hydrogen-bond donors (Lipinski definition) is 1. The van der Waals surface area contributed by atoms with Gasteiger partial charge in [-0.1, -0.05) is 0 Å². The Hall–Kier alpha value is -2.94. The highest BCUT2D eigenvalue weighted by Crippen LogP contribution is 2.35. The van der Waals surface area contributed by atoms with Crippen LogP contribution in [-0.2, 0) is 11.8 Å². The summed E-state index contributed by atoms with van der Waals surface area (Å²) in [5.41, 5.74) is 1.40. The summed E-state index contributed by atoms with van der Waals surface area (Å²) in [6.07, 6.45) is 3.66. The number of hydrogen-bond acceptors (Lipinski definition) is 6. The van der Waals surface area contributed by atoms with Crippen LogP contribution in [0.25, 0.3) is 5.65 Å². The topological polar surface area (TPSA) is 89.6 Å². The molecule has 0 radical (unpaired) electrons. The van der Waals surface area contributed by atoms with Crippen LogP contribution in [0.1, 0.15) is 10.5 Å². The maximum absolute atomic E-state index is 12.4. The zero-order valence-electron chi connectivity index (χ0n) is 15.0. The number of anilines is 1. The van der Waals surface area contributed by atoms with Crippen LogP contribution < -0.4 is 10.2 Å². The molecule has 1 N–H and O–H groups in total. The molecule has 2 aliphatic rings. The first-order valence-electron chi connectivity index (χ1n) is 9.12. The minimum atomic E-state index is -0.0412. The fraction of sp³-hybridized carbons (Fsp3) is 0.444. The molecule has 1 amide bonds. The molecule has 0 aliphatic carbocycles. The number of rotatable bonds is 4. The van der Waals surface area contributed by atoms with Gasteiger partial charge in [-0.25, -0.2) is 0 Å². The van der Waals surface area contributed by atoms with Crippen LogP contribution >= 0.6 is 0 Å². The Morgan fingerprint density at radius 3 is 3.11 bits per heavy atom. The van der Waals surface area contributed by atoms with Crippen molar-refractivity contribution in [2.24, 2.45) is 18.9 Å². The molecule has 140 valence electrons. The molecule has 5 heterocycles. The summed E-state index contributed by atoms with van der Waals surface area (Å²) in [5, 5.41) is 15.5. The van der Waals surface area contributed by atoms with Gasteiger partial charge in [0.05, 0.1) is 12.7 Å². The molecular weight excluding hydrogens is 346 g/mol. The summed E-state index contributed by atoms with van der Waals surface area (Å²) in [6.45, 7) is 3.00. The molecule has 0 unspecified atom stereocenters. The van der Waals surface area contributed by atoms with Crippen LogP contribution in [0.2, 0.25) is 0 Å². The van der Waals surface area contributed by atoms with Crippen LogP contribution in [-0.4, -0.2) is 62.6 Å². The standard InChI is InChI=1S/C18H21N7O2/c1-23-6-2-3-14(23)18(26)19-7-12-10-27-15-9-24(8-13(12)15)17-5-4-16-21-20-11-25(16)22-17/h2-6,11-13,15H,7-10H2,1H3,(H,19,26)/t12-,13+,15+/m1/s1. The summed E-state index contributed by atoms with van der Waals surface area (Å²) in [6, 6.07) is 7.59. The Labute approximate surface area is 155 Å². The van der Waals surface area contributed by atoms with Crippen molar-refractivity contribution >= 4 is 17.4 Å². The van der Waals surface area contributed by atoms with E-state index in [1.54, 1.807) is 10.8 Å². The Kier molecular flexibility index (Phi) is 3.82. The summed E-state index contributed by atoms with van der Waals surface area (Å²) in [7, 11) is 1.87. The predicted molar refractivity (Wildman–Crippen MR) is 97.5 cm³/mol. The van der Waals surface area contributed by atoms with E-state index in [4.69, 9.17) is 4.74 Å². The van der Waals surface area contributed by atoms with E-state index in [1.807, 2.05) is 42.1 Å². The third-order valence-electron chi connectivity index (χ3n) is 5.61. The van der Waals surface area contributed by atoms with E-state index in [2.05, 4.69) is 25.5 Å². The highest BCUT2D eigenvalue weighted by atomic mass is 16.5. The van der Waals surface area contributed by atoms with Crippen molar-refractivity contribution in [2.45, 2.75) is 6.10 Å². The minimum Gasteiger partial charge on any atom is -0.376 e. The average molecular weight is 367 g/mol. The lowest BCUT2D eigenvalue weighted by Crippen LogP contribution is -2.35. The van der Waals surface area contributed by atoms with Gasteiger partial charge in [0.2, 0.25) is 0 Å². The molecule has 9 heteroatoms. The number of fused-ring (bicyclic) bond motifs is 2. The molecule has 3 aromatic rings. The van der Waals surface area contributed by atoms with E-state index in [1.165, 1.54) is 0 Å². The third-order valence-corrected chi connectivity index (χ3v) is 5.61. The van der Waals surface area contributed by atoms with E-state index < -0.39 is 0 Å². The van der Waals surface area contributed by atoms with Gasteiger partial charge in [0.25, 0.3) is 5.91 Å². The Morgan fingerprint density at radius 2 is 2.26 bits per heavy atom. The lowest BCUT2D eigenvalue weighted by molar-refractivity contribution is 0.0932. The zero-order chi connectivity index (χ0) is 18.4. The van der Waals surface area contributed by atoms with Gasteiger partial charge >= 0.3 is 0 Å². The number of nitrogens with one attached hydrogen (secondary N) is 1. The van der Waals surface area contributed by atoms with Crippen molar-refractivity contribution in [3.63, 3.8) is 0 Å². The lowest BCUT2D eigenvalue weighted by Gasteiger charge is -2.20. The Balaban J connectivity index is 1.24. The fourth-order valence-corrected chi connectivity index (χ4v) is 4.09. The van der Waals surface area contributed by atoms with Crippen molar-refractivity contribution in [1.82, 2.24) is 29.7 Å². The molecule has 0 saturated carbocycles. The number of carbonyl (C=O) groups is 1. The lowest BCUT2D eigenvalue weighted by atomic mass is 9.93. The number of nitrogens with zero attached hydrogens (tertiary/aromatic N) is 6. The van der Waals surface area contributed by atoms with Crippen molar-refractivity contribution in [3.05, 3.63) is 42.5 Å². The molecule has 27 heavy (non-hydrogen) atoms. The van der Waals surface area contributed by atoms with Gasteiger partial charge in [-0.2, -0.15) is 4.52 Å². The number of ether oxygens (including phenoxy) is 1. The second-order valence-corrected chi connectivity index (χ2v) is 7.24. The van der Waals surface area contributed by atoms with Crippen LogP contribution in [0.5, 0.6) is 0 Å². The summed E-state index contributed by atoms with van der Waals surface area (Å²) in [5.74, 6) is 1.55. The van der Waals surface area contributed by atoms with Crippen molar-refractivity contribution in [1.29, 1.82) is 0 Å². The Bertz CT molecular complexity index is 981. The molecule has 0 bridgehead atoms. The molecule has 5 rings (SSSR count). The molecule has 3 aromatic heterocycles. The molecule has 2 fully saturated rings. The first-order chi connectivity index (χ1) is 13.2. The third kappa shape index (κ3) is 2.84. The van der Waals surface area contributed by atoms with Gasteiger partial charge in [0.15, 0.2) is 5.65 Å². The number of aryl methyl sites for hydroxylation is 1. The van der Waals surface area contributed by atoms with E-state index in [0.717, 1.165) is 24.6 Å². The van der Waals surface area contributed by atoms with Crippen LogP contribution in [0.4, 0.5) is 5.82 Å². The van der Waals surface area contributed by atoms with E-state index in [9.17, 15) is 4.79 Å². The molecule has 3 atom stereocenters. The van der Waals surface area contributed by atoms with Gasteiger partial charge in [-0.15, -0.1) is 15.3 Å². The molecular formula is C18H21N7O2. The largest absolute Gasteiger partial charge is 0.376 e. The molecule has 0 aromatic carbocycles. The monoisotopic (exact) mass is 367 g/mol. The predicted octanol–water partition coefficient (Wildman–Crippen LogP) is 0.344. The Morgan fingerprint density at radius 1 is 1.33 bits per heavy atom. The summed E-state index contributed by atoms with van der Waals surface area (Å²) in [4.78, 5) is 14.6. The van der Waals surface area contributed by atoms with Gasteiger partial charge < -0.3 is 19.5 Å².